The summed E-state index contributed by atoms with van der Waals surface area (Å²) < 4.78 is 0. The third-order valence-electron chi connectivity index (χ3n) is 3.99. The first kappa shape index (κ1) is 13.9. The van der Waals surface area contributed by atoms with Crippen LogP contribution in [0.2, 0.25) is 0 Å². The number of hydrogen-bond acceptors (Lipinski definition) is 3. The summed E-state index contributed by atoms with van der Waals surface area (Å²) in [5.74, 6) is 0.821. The number of carbonyl (C=O) groups is 1. The number of aromatic hydroxyl groups is 1. The summed E-state index contributed by atoms with van der Waals surface area (Å²) in [7, 11) is 1.82. The van der Waals surface area contributed by atoms with Crippen LogP contribution >= 0.6 is 0 Å². The molecule has 1 saturated carbocycles. The van der Waals surface area contributed by atoms with E-state index in [1.165, 1.54) is 0 Å². The fourth-order valence-electron chi connectivity index (χ4n) is 2.93. The topological polar surface area (TPSA) is 66.6 Å². The number of carbonyl (C=O) groups excluding carboxylic acids is 1. The van der Waals surface area contributed by atoms with Gasteiger partial charge in [-0.25, -0.2) is 0 Å². The summed E-state index contributed by atoms with van der Waals surface area (Å²) >= 11 is 0. The van der Waals surface area contributed by atoms with E-state index in [0.717, 1.165) is 24.8 Å². The van der Waals surface area contributed by atoms with E-state index in [9.17, 15) is 9.90 Å². The molecule has 0 radical (unpaired) electrons. The van der Waals surface area contributed by atoms with E-state index in [4.69, 9.17) is 5.73 Å². The van der Waals surface area contributed by atoms with E-state index in [-0.39, 0.29) is 17.6 Å². The van der Waals surface area contributed by atoms with Gasteiger partial charge in [0.15, 0.2) is 0 Å². The molecular formula is C15H22N2O2. The van der Waals surface area contributed by atoms with Crippen molar-refractivity contribution in [2.75, 3.05) is 13.6 Å². The van der Waals surface area contributed by atoms with Crippen molar-refractivity contribution < 1.29 is 9.90 Å². The molecule has 4 heteroatoms. The van der Waals surface area contributed by atoms with Gasteiger partial charge in [0.05, 0.1) is 0 Å². The lowest BCUT2D eigenvalue weighted by Crippen LogP contribution is -2.36. The van der Waals surface area contributed by atoms with E-state index in [0.29, 0.717) is 19.0 Å². The van der Waals surface area contributed by atoms with E-state index >= 15 is 0 Å². The van der Waals surface area contributed by atoms with Crippen molar-refractivity contribution in [2.24, 2.45) is 17.6 Å². The Hall–Kier alpha value is -1.55. The normalized spacial score (nSPS) is 22.4. The third kappa shape index (κ3) is 3.26. The van der Waals surface area contributed by atoms with Crippen LogP contribution in [0.3, 0.4) is 0 Å². The molecule has 2 unspecified atom stereocenters. The van der Waals surface area contributed by atoms with Crippen LogP contribution in [0.25, 0.3) is 0 Å². The predicted molar refractivity (Wildman–Crippen MR) is 74.5 cm³/mol. The molecular weight excluding hydrogens is 240 g/mol. The van der Waals surface area contributed by atoms with Crippen LogP contribution in [0.1, 0.15) is 24.8 Å². The van der Waals surface area contributed by atoms with Crippen molar-refractivity contribution >= 4 is 5.91 Å². The van der Waals surface area contributed by atoms with Crippen LogP contribution in [0.5, 0.6) is 5.75 Å². The molecule has 0 bridgehead atoms. The van der Waals surface area contributed by atoms with Crippen LogP contribution in [0, 0.1) is 11.8 Å². The Kier molecular flexibility index (Phi) is 4.43. The third-order valence-corrected chi connectivity index (χ3v) is 3.99. The minimum absolute atomic E-state index is 0.0762. The number of phenols is 1. The Morgan fingerprint density at radius 3 is 2.95 bits per heavy atom. The Bertz CT molecular complexity index is 448. The molecule has 1 aromatic carbocycles. The molecule has 3 N–H and O–H groups in total. The summed E-state index contributed by atoms with van der Waals surface area (Å²) in [6.07, 6.45) is 3.11. The zero-order valence-electron chi connectivity index (χ0n) is 11.4. The monoisotopic (exact) mass is 262 g/mol. The standard InChI is InChI=1S/C15H22N2O2/c1-17(10-11-4-2-6-13(18)8-11)15(19)14-7-3-5-12(14)9-16/h2,4,6,8,12,14,18H,3,5,7,9-10,16H2,1H3. The molecule has 104 valence electrons. The lowest BCUT2D eigenvalue weighted by molar-refractivity contribution is -0.135. The molecule has 2 atom stereocenters. The Labute approximate surface area is 114 Å². The van der Waals surface area contributed by atoms with Gasteiger partial charge in [-0.1, -0.05) is 18.6 Å². The molecule has 19 heavy (non-hydrogen) atoms. The Morgan fingerprint density at radius 2 is 2.26 bits per heavy atom. The van der Waals surface area contributed by atoms with Crippen molar-refractivity contribution in [3.05, 3.63) is 29.8 Å². The average Bonchev–Trinajstić information content (AvgIpc) is 2.86. The van der Waals surface area contributed by atoms with Crippen LogP contribution in [0.4, 0.5) is 0 Å². The van der Waals surface area contributed by atoms with Crippen molar-refractivity contribution in [1.29, 1.82) is 0 Å². The lowest BCUT2D eigenvalue weighted by atomic mass is 9.95. The number of nitrogens with two attached hydrogens (primary N) is 1. The number of nitrogens with zero attached hydrogens (tertiary/aromatic N) is 1. The number of phenolic OH excluding ortho intramolecular Hbond substituents is 1. The van der Waals surface area contributed by atoms with Gasteiger partial charge in [0.1, 0.15) is 5.75 Å². The summed E-state index contributed by atoms with van der Waals surface area (Å²) in [6, 6.07) is 7.03. The lowest BCUT2D eigenvalue weighted by Gasteiger charge is -2.24. The SMILES string of the molecule is CN(Cc1cccc(O)c1)C(=O)C1CCCC1CN. The van der Waals surface area contributed by atoms with Gasteiger partial charge in [0.2, 0.25) is 5.91 Å². The highest BCUT2D eigenvalue weighted by molar-refractivity contribution is 5.79. The summed E-state index contributed by atoms with van der Waals surface area (Å²) in [6.45, 7) is 1.12. The molecule has 1 aromatic rings. The molecule has 0 aromatic heterocycles. The first-order valence-corrected chi connectivity index (χ1v) is 6.84. The minimum atomic E-state index is 0.0762. The summed E-state index contributed by atoms with van der Waals surface area (Å²) in [5.41, 5.74) is 6.67. The minimum Gasteiger partial charge on any atom is -0.508 e. The highest BCUT2D eigenvalue weighted by Gasteiger charge is 2.33. The summed E-state index contributed by atoms with van der Waals surface area (Å²) in [5, 5.41) is 9.44. The number of benzene rings is 1. The summed E-state index contributed by atoms with van der Waals surface area (Å²) in [4.78, 5) is 14.2. The second-order valence-corrected chi connectivity index (χ2v) is 5.40. The Morgan fingerprint density at radius 1 is 1.47 bits per heavy atom. The number of hydrogen-bond donors (Lipinski definition) is 2. The van der Waals surface area contributed by atoms with E-state index in [1.54, 1.807) is 23.1 Å². The predicted octanol–water partition coefficient (Wildman–Crippen LogP) is 1.73. The second-order valence-electron chi connectivity index (χ2n) is 5.40. The maximum Gasteiger partial charge on any atom is 0.226 e. The molecule has 0 aliphatic heterocycles. The van der Waals surface area contributed by atoms with Gasteiger partial charge in [-0.2, -0.15) is 0 Å². The molecule has 1 fully saturated rings. The average molecular weight is 262 g/mol. The molecule has 2 rings (SSSR count). The Balaban J connectivity index is 1.99. The molecule has 4 nitrogen and oxygen atoms in total. The van der Waals surface area contributed by atoms with Gasteiger partial charge < -0.3 is 15.7 Å². The fourth-order valence-corrected chi connectivity index (χ4v) is 2.93. The van der Waals surface area contributed by atoms with Gasteiger partial charge in [-0.15, -0.1) is 0 Å². The number of rotatable bonds is 4. The van der Waals surface area contributed by atoms with E-state index < -0.39 is 0 Å². The fraction of sp³-hybridized carbons (Fsp3) is 0.533. The van der Waals surface area contributed by atoms with E-state index in [2.05, 4.69) is 0 Å². The molecule has 0 heterocycles. The maximum absolute atomic E-state index is 12.4. The van der Waals surface area contributed by atoms with Gasteiger partial charge in [0.25, 0.3) is 0 Å². The van der Waals surface area contributed by atoms with Crippen LogP contribution < -0.4 is 5.73 Å². The van der Waals surface area contributed by atoms with Gasteiger partial charge in [-0.3, -0.25) is 4.79 Å². The van der Waals surface area contributed by atoms with Crippen LogP contribution in [-0.4, -0.2) is 29.5 Å². The number of amides is 1. The van der Waals surface area contributed by atoms with Gasteiger partial charge in [-0.05, 0) is 43.0 Å². The smallest absolute Gasteiger partial charge is 0.226 e. The zero-order chi connectivity index (χ0) is 13.8. The highest BCUT2D eigenvalue weighted by Crippen LogP contribution is 2.32. The zero-order valence-corrected chi connectivity index (χ0v) is 11.4. The van der Waals surface area contributed by atoms with Crippen LogP contribution in [0.15, 0.2) is 24.3 Å². The van der Waals surface area contributed by atoms with Crippen molar-refractivity contribution in [1.82, 2.24) is 4.90 Å². The van der Waals surface area contributed by atoms with E-state index in [1.807, 2.05) is 13.1 Å². The molecule has 0 saturated heterocycles. The van der Waals surface area contributed by atoms with Crippen molar-refractivity contribution in [2.45, 2.75) is 25.8 Å². The first-order chi connectivity index (χ1) is 9.11. The molecule has 1 aliphatic carbocycles. The maximum atomic E-state index is 12.4. The largest absolute Gasteiger partial charge is 0.508 e. The second kappa shape index (κ2) is 6.06. The molecule has 1 amide bonds. The first-order valence-electron chi connectivity index (χ1n) is 6.84. The highest BCUT2D eigenvalue weighted by atomic mass is 16.3. The quantitative estimate of drug-likeness (QED) is 0.868. The molecule has 1 aliphatic rings. The van der Waals surface area contributed by atoms with Crippen LogP contribution in [-0.2, 0) is 11.3 Å². The van der Waals surface area contributed by atoms with Crippen molar-refractivity contribution in [3.8, 4) is 5.75 Å². The van der Waals surface area contributed by atoms with Gasteiger partial charge >= 0.3 is 0 Å². The van der Waals surface area contributed by atoms with Crippen molar-refractivity contribution in [3.63, 3.8) is 0 Å². The van der Waals surface area contributed by atoms with Gasteiger partial charge in [0, 0.05) is 19.5 Å². The molecule has 0 spiro atoms.